The minimum Gasteiger partial charge on any atom is -0.334 e. The molecule has 0 fully saturated rings. The molecule has 156 valence electrons. The molecule has 0 aromatic heterocycles. The van der Waals surface area contributed by atoms with Gasteiger partial charge in [-0.25, -0.2) is 0 Å². The summed E-state index contributed by atoms with van der Waals surface area (Å²) in [4.78, 5) is 29.1. The molecule has 0 aliphatic heterocycles. The van der Waals surface area contributed by atoms with Gasteiger partial charge in [-0.1, -0.05) is 67.6 Å². The monoisotopic (exact) mass is 401 g/mol. The number of nitrogens with zero attached hydrogens (tertiary/aromatic N) is 1. The number of rotatable bonds is 7. The van der Waals surface area contributed by atoms with Gasteiger partial charge in [0.15, 0.2) is 5.78 Å². The summed E-state index contributed by atoms with van der Waals surface area (Å²) in [6.07, 6.45) is 0.651. The number of fused-ring (bicyclic) bond motifs is 1. The highest BCUT2D eigenvalue weighted by Gasteiger charge is 2.29. The number of Topliss-reactive ketones (excluding diaryl/α,β-unsaturated/α-hetero) is 1. The average molecular weight is 402 g/mol. The van der Waals surface area contributed by atoms with E-state index in [4.69, 9.17) is 0 Å². The molecular formula is C27H31NO2. The molecular weight excluding hydrogens is 370 g/mol. The highest BCUT2D eigenvalue weighted by Crippen LogP contribution is 2.28. The Morgan fingerprint density at radius 1 is 0.767 bits per heavy atom. The first-order valence-corrected chi connectivity index (χ1v) is 10.7. The van der Waals surface area contributed by atoms with Crippen molar-refractivity contribution in [3.8, 4) is 0 Å². The average Bonchev–Trinajstić information content (AvgIpc) is 2.72. The van der Waals surface area contributed by atoms with Crippen LogP contribution in [0, 0.1) is 5.92 Å². The lowest BCUT2D eigenvalue weighted by atomic mass is 9.87. The van der Waals surface area contributed by atoms with Crippen molar-refractivity contribution in [1.29, 1.82) is 0 Å². The van der Waals surface area contributed by atoms with Gasteiger partial charge in [0.25, 0.3) is 5.91 Å². The van der Waals surface area contributed by atoms with Gasteiger partial charge in [-0.15, -0.1) is 0 Å². The lowest BCUT2D eigenvalue weighted by molar-refractivity contribution is 0.0641. The molecule has 0 bridgehead atoms. The molecule has 3 aromatic rings. The largest absolute Gasteiger partial charge is 0.334 e. The Kier molecular flexibility index (Phi) is 6.71. The zero-order valence-electron chi connectivity index (χ0n) is 18.6. The van der Waals surface area contributed by atoms with E-state index in [1.165, 1.54) is 0 Å². The maximum Gasteiger partial charge on any atom is 0.255 e. The van der Waals surface area contributed by atoms with Gasteiger partial charge >= 0.3 is 0 Å². The number of carbonyl (C=O) groups is 2. The molecule has 1 amide bonds. The fourth-order valence-corrected chi connectivity index (χ4v) is 4.23. The van der Waals surface area contributed by atoms with Crippen LogP contribution in [0.5, 0.6) is 0 Å². The first-order valence-electron chi connectivity index (χ1n) is 10.7. The number of amides is 1. The highest BCUT2D eigenvalue weighted by molar-refractivity contribution is 6.16. The number of ketones is 1. The van der Waals surface area contributed by atoms with Crippen LogP contribution in [0.4, 0.5) is 0 Å². The van der Waals surface area contributed by atoms with Gasteiger partial charge in [-0.2, -0.15) is 0 Å². The summed E-state index contributed by atoms with van der Waals surface area (Å²) >= 11 is 0. The molecule has 0 saturated carbocycles. The van der Waals surface area contributed by atoms with Gasteiger partial charge in [-0.3, -0.25) is 9.59 Å². The number of benzene rings is 3. The van der Waals surface area contributed by atoms with Gasteiger partial charge in [0.05, 0.1) is 5.56 Å². The van der Waals surface area contributed by atoms with Crippen LogP contribution < -0.4 is 0 Å². The maximum atomic E-state index is 13.7. The third-order valence-electron chi connectivity index (χ3n) is 5.59. The standard InChI is InChI=1S/C27H31NO2/c1-18(2)28(19(3)4)27(30)25-23-14-10-9-13-22(23)15-16-24(25)26(29)20(5)17-21-11-7-6-8-12-21/h6-16,18-20H,17H2,1-5H3. The molecule has 3 heteroatoms. The molecule has 3 rings (SSSR count). The number of carbonyl (C=O) groups excluding carboxylic acids is 2. The van der Waals surface area contributed by atoms with Crippen LogP contribution in [-0.4, -0.2) is 28.7 Å². The van der Waals surface area contributed by atoms with E-state index in [2.05, 4.69) is 0 Å². The Bertz CT molecular complexity index is 1030. The van der Waals surface area contributed by atoms with E-state index in [-0.39, 0.29) is 29.7 Å². The molecule has 1 unspecified atom stereocenters. The van der Waals surface area contributed by atoms with Gasteiger partial charge in [0.2, 0.25) is 0 Å². The predicted molar refractivity (Wildman–Crippen MR) is 124 cm³/mol. The van der Waals surface area contributed by atoms with E-state index in [9.17, 15) is 9.59 Å². The molecule has 3 nitrogen and oxygen atoms in total. The summed E-state index contributed by atoms with van der Waals surface area (Å²) in [7, 11) is 0. The van der Waals surface area contributed by atoms with Crippen LogP contribution in [-0.2, 0) is 6.42 Å². The van der Waals surface area contributed by atoms with E-state index in [1.807, 2.05) is 106 Å². The van der Waals surface area contributed by atoms with E-state index >= 15 is 0 Å². The van der Waals surface area contributed by atoms with Crippen molar-refractivity contribution >= 4 is 22.5 Å². The highest BCUT2D eigenvalue weighted by atomic mass is 16.2. The second kappa shape index (κ2) is 9.25. The van der Waals surface area contributed by atoms with Crippen molar-refractivity contribution in [2.75, 3.05) is 0 Å². The Balaban J connectivity index is 2.09. The Labute approximate surface area is 179 Å². The van der Waals surface area contributed by atoms with Gasteiger partial charge < -0.3 is 4.90 Å². The summed E-state index contributed by atoms with van der Waals surface area (Å²) in [6, 6.07) is 21.7. The normalized spacial score (nSPS) is 12.4. The predicted octanol–water partition coefficient (Wildman–Crippen LogP) is 6.16. The Hall–Kier alpha value is -2.94. The summed E-state index contributed by atoms with van der Waals surface area (Å²) in [5.41, 5.74) is 2.17. The molecule has 0 saturated heterocycles. The van der Waals surface area contributed by atoms with E-state index < -0.39 is 0 Å². The van der Waals surface area contributed by atoms with Crippen LogP contribution in [0.25, 0.3) is 10.8 Å². The van der Waals surface area contributed by atoms with Crippen LogP contribution in [0.2, 0.25) is 0 Å². The van der Waals surface area contributed by atoms with Crippen LogP contribution >= 0.6 is 0 Å². The van der Waals surface area contributed by atoms with Crippen molar-refractivity contribution in [2.45, 2.75) is 53.1 Å². The minimum absolute atomic E-state index is 0.0143. The zero-order chi connectivity index (χ0) is 21.8. The first-order chi connectivity index (χ1) is 14.3. The van der Waals surface area contributed by atoms with Crippen molar-refractivity contribution < 1.29 is 9.59 Å². The second-order valence-corrected chi connectivity index (χ2v) is 8.56. The Morgan fingerprint density at radius 2 is 1.37 bits per heavy atom. The number of hydrogen-bond donors (Lipinski definition) is 0. The van der Waals surface area contributed by atoms with Crippen molar-refractivity contribution in [1.82, 2.24) is 4.90 Å². The van der Waals surface area contributed by atoms with E-state index in [0.29, 0.717) is 17.5 Å². The maximum absolute atomic E-state index is 13.7. The Morgan fingerprint density at radius 3 is 2.00 bits per heavy atom. The minimum atomic E-state index is -0.216. The molecule has 0 spiro atoms. The summed E-state index contributed by atoms with van der Waals surface area (Å²) < 4.78 is 0. The summed E-state index contributed by atoms with van der Waals surface area (Å²) in [5, 5.41) is 1.81. The zero-order valence-corrected chi connectivity index (χ0v) is 18.6. The molecule has 3 aromatic carbocycles. The topological polar surface area (TPSA) is 37.4 Å². The first kappa shape index (κ1) is 21.8. The quantitative estimate of drug-likeness (QED) is 0.445. The second-order valence-electron chi connectivity index (χ2n) is 8.56. The third kappa shape index (κ3) is 4.46. The van der Waals surface area contributed by atoms with Crippen molar-refractivity contribution in [2.24, 2.45) is 5.92 Å². The van der Waals surface area contributed by atoms with Crippen molar-refractivity contribution in [3.05, 3.63) is 83.4 Å². The lowest BCUT2D eigenvalue weighted by Gasteiger charge is -2.32. The summed E-state index contributed by atoms with van der Waals surface area (Å²) in [5.74, 6) is -0.279. The molecule has 0 aliphatic carbocycles. The molecule has 1 atom stereocenters. The van der Waals surface area contributed by atoms with Crippen LogP contribution in [0.1, 0.15) is 60.9 Å². The summed E-state index contributed by atoms with van der Waals surface area (Å²) in [6.45, 7) is 10.0. The molecule has 0 heterocycles. The molecule has 30 heavy (non-hydrogen) atoms. The fraction of sp³-hybridized carbons (Fsp3) is 0.333. The van der Waals surface area contributed by atoms with E-state index in [0.717, 1.165) is 16.3 Å². The van der Waals surface area contributed by atoms with E-state index in [1.54, 1.807) is 0 Å². The fourth-order valence-electron chi connectivity index (χ4n) is 4.23. The third-order valence-corrected chi connectivity index (χ3v) is 5.59. The SMILES string of the molecule is CC(Cc1ccccc1)C(=O)c1ccc2ccccc2c1C(=O)N(C(C)C)C(C)C. The van der Waals surface area contributed by atoms with Crippen LogP contribution in [0.15, 0.2) is 66.7 Å². The van der Waals surface area contributed by atoms with Gasteiger partial charge in [0.1, 0.15) is 0 Å². The van der Waals surface area contributed by atoms with Gasteiger partial charge in [-0.05, 0) is 56.5 Å². The lowest BCUT2D eigenvalue weighted by Crippen LogP contribution is -2.42. The number of hydrogen-bond acceptors (Lipinski definition) is 2. The molecule has 0 radical (unpaired) electrons. The van der Waals surface area contributed by atoms with Crippen molar-refractivity contribution in [3.63, 3.8) is 0 Å². The van der Waals surface area contributed by atoms with Gasteiger partial charge in [0, 0.05) is 23.6 Å². The smallest absolute Gasteiger partial charge is 0.255 e. The van der Waals surface area contributed by atoms with Crippen LogP contribution in [0.3, 0.4) is 0 Å². The molecule has 0 aliphatic rings. The molecule has 0 N–H and O–H groups in total.